The van der Waals surface area contributed by atoms with Gasteiger partial charge in [0.25, 0.3) is 0 Å². The second-order valence-corrected chi connectivity index (χ2v) is 11.8. The first-order valence-electron chi connectivity index (χ1n) is 9.58. The van der Waals surface area contributed by atoms with Crippen LogP contribution >= 0.6 is 0 Å². The predicted octanol–water partition coefficient (Wildman–Crippen LogP) is 1.77. The topological polar surface area (TPSA) is 131 Å². The number of anilines is 1. The number of aromatic amines is 1. The average Bonchev–Trinajstić information content (AvgIpc) is 3.16. The number of benzene rings is 1. The maximum absolute atomic E-state index is 12.9. The van der Waals surface area contributed by atoms with Gasteiger partial charge >= 0.3 is 0 Å². The third-order valence-electron chi connectivity index (χ3n) is 5.29. The van der Waals surface area contributed by atoms with Gasteiger partial charge in [-0.25, -0.2) is 8.42 Å². The van der Waals surface area contributed by atoms with Gasteiger partial charge in [0.2, 0.25) is 11.9 Å². The number of nitrogens with one attached hydrogen (secondary N) is 2. The van der Waals surface area contributed by atoms with Crippen LogP contribution in [0.25, 0.3) is 11.4 Å². The minimum atomic E-state index is -3.70. The molecule has 0 bridgehead atoms. The molecule has 9 nitrogen and oxygen atoms in total. The fourth-order valence-electron chi connectivity index (χ4n) is 3.08. The van der Waals surface area contributed by atoms with Gasteiger partial charge in [0.1, 0.15) is 4.75 Å². The van der Waals surface area contributed by atoms with Crippen LogP contribution in [0.4, 0.5) is 5.95 Å². The number of H-pyrrole nitrogens is 1. The number of rotatable bonds is 7. The second-order valence-electron chi connectivity index (χ2n) is 7.79. The van der Waals surface area contributed by atoms with E-state index in [1.165, 1.54) is 13.8 Å². The largest absolute Gasteiger partial charge is 0.381 e. The summed E-state index contributed by atoms with van der Waals surface area (Å²) < 4.78 is 40.9. The Morgan fingerprint density at radius 2 is 1.90 bits per heavy atom. The van der Waals surface area contributed by atoms with Crippen LogP contribution in [0.3, 0.4) is 0 Å². The maximum Gasteiger partial charge on any atom is 0.249 e. The highest BCUT2D eigenvalue weighted by Gasteiger charge is 2.43. The van der Waals surface area contributed by atoms with Gasteiger partial charge in [-0.3, -0.25) is 19.4 Å². The van der Waals surface area contributed by atoms with E-state index in [0.717, 1.165) is 0 Å². The van der Waals surface area contributed by atoms with Crippen LogP contribution in [-0.4, -0.2) is 63.7 Å². The van der Waals surface area contributed by atoms with Crippen molar-refractivity contribution >= 4 is 32.5 Å². The van der Waals surface area contributed by atoms with Gasteiger partial charge in [0, 0.05) is 40.7 Å². The molecular weight excluding hydrogens is 428 g/mol. The lowest BCUT2D eigenvalue weighted by atomic mass is 10.0. The fourth-order valence-corrected chi connectivity index (χ4v) is 5.30. The molecule has 1 amide bonds. The SMILES string of the molecule is CS(=O)c1ccc(-c2nc(NC(=O)C(C)(C)S(=O)(=O)CC3CCOCC3)n[nH]2)cc1. The number of aromatic nitrogens is 3. The van der Waals surface area contributed by atoms with E-state index in [0.29, 0.717) is 42.3 Å². The highest BCUT2D eigenvalue weighted by atomic mass is 32.2. The third kappa shape index (κ3) is 4.96. The molecule has 0 saturated carbocycles. The number of carbonyl (C=O) groups is 1. The van der Waals surface area contributed by atoms with Crippen molar-refractivity contribution in [2.75, 3.05) is 30.5 Å². The highest BCUT2D eigenvalue weighted by Crippen LogP contribution is 2.26. The Kier molecular flexibility index (Phi) is 6.73. The molecule has 1 aliphatic heterocycles. The van der Waals surface area contributed by atoms with Gasteiger partial charge < -0.3 is 4.74 Å². The van der Waals surface area contributed by atoms with Crippen molar-refractivity contribution in [1.82, 2.24) is 15.2 Å². The summed E-state index contributed by atoms with van der Waals surface area (Å²) in [5, 5.41) is 9.18. The van der Waals surface area contributed by atoms with Crippen molar-refractivity contribution < 1.29 is 22.2 Å². The molecule has 30 heavy (non-hydrogen) atoms. The Labute approximate surface area is 178 Å². The van der Waals surface area contributed by atoms with Crippen LogP contribution in [0.5, 0.6) is 0 Å². The van der Waals surface area contributed by atoms with Crippen molar-refractivity contribution in [1.29, 1.82) is 0 Å². The number of hydrogen-bond donors (Lipinski definition) is 2. The number of nitrogens with zero attached hydrogens (tertiary/aromatic N) is 2. The fraction of sp³-hybridized carbons (Fsp3) is 0.526. The van der Waals surface area contributed by atoms with Crippen LogP contribution in [0, 0.1) is 5.92 Å². The molecule has 1 fully saturated rings. The van der Waals surface area contributed by atoms with Crippen molar-refractivity contribution in [3.05, 3.63) is 24.3 Å². The van der Waals surface area contributed by atoms with Crippen LogP contribution in [0.15, 0.2) is 29.2 Å². The first-order chi connectivity index (χ1) is 14.1. The summed E-state index contributed by atoms with van der Waals surface area (Å²) in [6.45, 7) is 3.88. The molecule has 3 rings (SSSR count). The lowest BCUT2D eigenvalue weighted by molar-refractivity contribution is -0.117. The van der Waals surface area contributed by atoms with Crippen LogP contribution in [-0.2, 0) is 30.2 Å². The molecule has 1 unspecified atom stereocenters. The Hall–Kier alpha value is -2.11. The molecule has 1 aromatic heterocycles. The minimum Gasteiger partial charge on any atom is -0.381 e. The number of amides is 1. The maximum atomic E-state index is 12.9. The molecule has 11 heteroatoms. The van der Waals surface area contributed by atoms with Gasteiger partial charge in [-0.15, -0.1) is 5.10 Å². The molecule has 0 spiro atoms. The van der Waals surface area contributed by atoms with E-state index in [1.807, 2.05) is 0 Å². The summed E-state index contributed by atoms with van der Waals surface area (Å²) in [5.41, 5.74) is 0.698. The van der Waals surface area contributed by atoms with E-state index in [-0.39, 0.29) is 17.6 Å². The zero-order valence-electron chi connectivity index (χ0n) is 17.2. The molecule has 2 N–H and O–H groups in total. The lowest BCUT2D eigenvalue weighted by Crippen LogP contribution is -2.47. The van der Waals surface area contributed by atoms with Crippen LogP contribution < -0.4 is 5.32 Å². The minimum absolute atomic E-state index is 0.00696. The third-order valence-corrected chi connectivity index (χ3v) is 8.88. The van der Waals surface area contributed by atoms with Crippen molar-refractivity contribution in [2.24, 2.45) is 5.92 Å². The Balaban J connectivity index is 1.69. The van der Waals surface area contributed by atoms with Gasteiger partial charge in [0.15, 0.2) is 15.7 Å². The van der Waals surface area contributed by atoms with Crippen molar-refractivity contribution in [3.63, 3.8) is 0 Å². The molecule has 2 aromatic rings. The first kappa shape index (κ1) is 22.6. The zero-order chi connectivity index (χ0) is 21.9. The molecule has 164 valence electrons. The van der Waals surface area contributed by atoms with E-state index < -0.39 is 31.3 Å². The van der Waals surface area contributed by atoms with E-state index in [2.05, 4.69) is 20.5 Å². The van der Waals surface area contributed by atoms with Crippen molar-refractivity contribution in [2.45, 2.75) is 36.3 Å². The molecule has 2 heterocycles. The quantitative estimate of drug-likeness (QED) is 0.652. The summed E-state index contributed by atoms with van der Waals surface area (Å²) in [6.07, 6.45) is 2.94. The monoisotopic (exact) mass is 454 g/mol. The number of hydrogen-bond acceptors (Lipinski definition) is 7. The van der Waals surface area contributed by atoms with Gasteiger partial charge in [0.05, 0.1) is 5.75 Å². The predicted molar refractivity (Wildman–Crippen MR) is 114 cm³/mol. The summed E-state index contributed by atoms with van der Waals surface area (Å²) in [6, 6.07) is 6.92. The molecule has 1 aromatic carbocycles. The number of sulfone groups is 1. The molecule has 1 atom stereocenters. The summed E-state index contributed by atoms with van der Waals surface area (Å²) in [7, 11) is -4.78. The first-order valence-corrected chi connectivity index (χ1v) is 12.8. The smallest absolute Gasteiger partial charge is 0.249 e. The van der Waals surface area contributed by atoms with E-state index >= 15 is 0 Å². The Morgan fingerprint density at radius 3 is 2.50 bits per heavy atom. The van der Waals surface area contributed by atoms with Crippen LogP contribution in [0.1, 0.15) is 26.7 Å². The van der Waals surface area contributed by atoms with E-state index in [1.54, 1.807) is 30.5 Å². The molecule has 1 aliphatic rings. The average molecular weight is 455 g/mol. The Morgan fingerprint density at radius 1 is 1.27 bits per heavy atom. The molecular formula is C19H26N4O5S2. The van der Waals surface area contributed by atoms with E-state index in [4.69, 9.17) is 4.74 Å². The molecule has 0 radical (unpaired) electrons. The lowest BCUT2D eigenvalue weighted by Gasteiger charge is -2.27. The standard InChI is InChI=1S/C19H26N4O5S2/c1-19(2,30(26,27)12-13-8-10-28-11-9-13)17(24)21-18-20-16(22-23-18)14-4-6-15(7-5-14)29(3)25/h4-7,13H,8-12H2,1-3H3,(H2,20,21,22,23,24). The van der Waals surface area contributed by atoms with Gasteiger partial charge in [-0.1, -0.05) is 12.1 Å². The summed E-state index contributed by atoms with van der Waals surface area (Å²) >= 11 is 0. The second kappa shape index (κ2) is 8.94. The molecule has 0 aliphatic carbocycles. The number of carbonyl (C=O) groups excluding carboxylic acids is 1. The van der Waals surface area contributed by atoms with Crippen LogP contribution in [0.2, 0.25) is 0 Å². The van der Waals surface area contributed by atoms with E-state index in [9.17, 15) is 17.4 Å². The summed E-state index contributed by atoms with van der Waals surface area (Å²) in [4.78, 5) is 17.6. The summed E-state index contributed by atoms with van der Waals surface area (Å²) in [5.74, 6) is -0.349. The van der Waals surface area contributed by atoms with Crippen molar-refractivity contribution in [3.8, 4) is 11.4 Å². The Bertz CT molecular complexity index is 1030. The number of ether oxygens (including phenoxy) is 1. The zero-order valence-corrected chi connectivity index (χ0v) is 18.8. The normalized spacial score (nSPS) is 16.9. The molecule has 1 saturated heterocycles. The highest BCUT2D eigenvalue weighted by molar-refractivity contribution is 7.93. The van der Waals surface area contributed by atoms with Gasteiger partial charge in [-0.2, -0.15) is 4.98 Å². The van der Waals surface area contributed by atoms with Gasteiger partial charge in [-0.05, 0) is 44.7 Å².